The molecule has 0 unspecified atom stereocenters. The van der Waals surface area contributed by atoms with Gasteiger partial charge in [0.25, 0.3) is 5.91 Å². The molecule has 0 fully saturated rings. The van der Waals surface area contributed by atoms with E-state index < -0.39 is 17.9 Å². The quantitative estimate of drug-likeness (QED) is 0.387. The van der Waals surface area contributed by atoms with Crippen LogP contribution in [-0.4, -0.2) is 22.9 Å². The maximum Gasteiger partial charge on any atom is 0.329 e. The zero-order chi connectivity index (χ0) is 22.5. The average molecular weight is 451 g/mol. The van der Waals surface area contributed by atoms with E-state index in [1.165, 1.54) is 12.1 Å². The molecule has 0 aliphatic heterocycles. The van der Waals surface area contributed by atoms with Crippen molar-refractivity contribution in [2.45, 2.75) is 19.1 Å². The molecule has 0 bridgehead atoms. The van der Waals surface area contributed by atoms with Gasteiger partial charge >= 0.3 is 5.97 Å². The van der Waals surface area contributed by atoms with Gasteiger partial charge in [-0.25, -0.2) is 9.18 Å². The molecule has 0 saturated heterocycles. The summed E-state index contributed by atoms with van der Waals surface area (Å²) in [7, 11) is 0. The zero-order valence-corrected chi connectivity index (χ0v) is 17.7. The van der Waals surface area contributed by atoms with Crippen molar-refractivity contribution in [2.24, 2.45) is 0 Å². The Morgan fingerprint density at radius 1 is 1.00 bits per heavy atom. The molecule has 5 nitrogen and oxygen atoms in total. The van der Waals surface area contributed by atoms with Gasteiger partial charge in [-0.05, 0) is 41.5 Å². The fourth-order valence-electron chi connectivity index (χ4n) is 3.43. The molecule has 4 aromatic rings. The van der Waals surface area contributed by atoms with Gasteiger partial charge in [-0.3, -0.25) is 4.79 Å². The number of aromatic nitrogens is 1. The summed E-state index contributed by atoms with van der Waals surface area (Å²) in [4.78, 5) is 28.9. The van der Waals surface area contributed by atoms with Gasteiger partial charge in [-0.1, -0.05) is 54.1 Å². The third-order valence-corrected chi connectivity index (χ3v) is 5.43. The molecule has 1 amide bonds. The van der Waals surface area contributed by atoms with E-state index >= 15 is 0 Å². The Kier molecular flexibility index (Phi) is 6.52. The number of carbonyl (C=O) groups is 2. The number of hydrogen-bond donors (Lipinski definition) is 2. The molecule has 1 atom stereocenters. The number of carbonyl (C=O) groups excluding carboxylic acids is 2. The van der Waals surface area contributed by atoms with Gasteiger partial charge in [0.05, 0.1) is 10.6 Å². The summed E-state index contributed by atoms with van der Waals surface area (Å²) in [5, 5.41) is 3.99. The van der Waals surface area contributed by atoms with Gasteiger partial charge in [-0.2, -0.15) is 0 Å². The predicted octanol–water partition coefficient (Wildman–Crippen LogP) is 5.04. The number of fused-ring (bicyclic) bond motifs is 1. The van der Waals surface area contributed by atoms with E-state index in [0.717, 1.165) is 16.5 Å². The van der Waals surface area contributed by atoms with Crippen LogP contribution in [-0.2, 0) is 22.6 Å². The number of halogens is 2. The van der Waals surface area contributed by atoms with E-state index in [1.54, 1.807) is 36.4 Å². The van der Waals surface area contributed by atoms with Gasteiger partial charge in [-0.15, -0.1) is 0 Å². The Bertz CT molecular complexity index is 1250. The fraction of sp³-hybridized carbons (Fsp3) is 0.120. The highest BCUT2D eigenvalue weighted by molar-refractivity contribution is 6.33. The molecular weight excluding hydrogens is 431 g/mol. The van der Waals surface area contributed by atoms with E-state index in [4.69, 9.17) is 16.3 Å². The normalized spacial score (nSPS) is 11.8. The molecule has 0 radical (unpaired) electrons. The van der Waals surface area contributed by atoms with Crippen LogP contribution in [0.2, 0.25) is 5.02 Å². The van der Waals surface area contributed by atoms with Crippen molar-refractivity contribution in [1.82, 2.24) is 10.3 Å². The Labute approximate surface area is 189 Å². The predicted molar refractivity (Wildman–Crippen MR) is 121 cm³/mol. The Morgan fingerprint density at radius 2 is 1.72 bits per heavy atom. The van der Waals surface area contributed by atoms with Gasteiger partial charge < -0.3 is 15.0 Å². The lowest BCUT2D eigenvalue weighted by atomic mass is 10.0. The number of benzene rings is 3. The molecular formula is C25H20ClFN2O3. The number of rotatable bonds is 7. The van der Waals surface area contributed by atoms with Crippen LogP contribution in [0.1, 0.15) is 21.5 Å². The molecule has 3 aromatic carbocycles. The molecule has 0 aliphatic rings. The third-order valence-electron chi connectivity index (χ3n) is 5.10. The number of aromatic amines is 1. The smallest absolute Gasteiger partial charge is 0.329 e. The van der Waals surface area contributed by atoms with Gasteiger partial charge in [0, 0.05) is 23.5 Å². The molecule has 2 N–H and O–H groups in total. The maximum absolute atomic E-state index is 13.1. The average Bonchev–Trinajstić information content (AvgIpc) is 3.21. The van der Waals surface area contributed by atoms with Gasteiger partial charge in [0.1, 0.15) is 18.5 Å². The van der Waals surface area contributed by atoms with Crippen LogP contribution in [0.5, 0.6) is 0 Å². The second-order valence-electron chi connectivity index (χ2n) is 7.30. The summed E-state index contributed by atoms with van der Waals surface area (Å²) >= 11 is 6.14. The molecule has 1 heterocycles. The topological polar surface area (TPSA) is 71.2 Å². The van der Waals surface area contributed by atoms with E-state index in [1.807, 2.05) is 30.5 Å². The molecule has 0 saturated carbocycles. The monoisotopic (exact) mass is 450 g/mol. The SMILES string of the molecule is O=C(N[C@H](Cc1c[nH]c2ccccc12)C(=O)OCc1ccc(F)cc1)c1ccccc1Cl. The van der Waals surface area contributed by atoms with Crippen molar-refractivity contribution >= 4 is 34.4 Å². The van der Waals surface area contributed by atoms with Crippen molar-refractivity contribution in [2.75, 3.05) is 0 Å². The lowest BCUT2D eigenvalue weighted by molar-refractivity contribution is -0.147. The summed E-state index contributed by atoms with van der Waals surface area (Å²) in [5.74, 6) is -1.44. The first-order valence-electron chi connectivity index (χ1n) is 10.0. The summed E-state index contributed by atoms with van der Waals surface area (Å²) in [6, 6.07) is 19.0. The number of hydrogen-bond acceptors (Lipinski definition) is 3. The minimum absolute atomic E-state index is 0.0362. The van der Waals surface area contributed by atoms with E-state index in [9.17, 15) is 14.0 Å². The van der Waals surface area contributed by atoms with Crippen molar-refractivity contribution in [3.05, 3.63) is 107 Å². The van der Waals surface area contributed by atoms with Gasteiger partial charge in [0.2, 0.25) is 0 Å². The van der Waals surface area contributed by atoms with Crippen molar-refractivity contribution in [1.29, 1.82) is 0 Å². The lowest BCUT2D eigenvalue weighted by Gasteiger charge is -2.18. The number of esters is 1. The standard InChI is InChI=1S/C25H20ClFN2O3/c26-21-7-3-1-6-20(21)24(30)29-23(13-17-14-28-22-8-4-2-5-19(17)22)25(31)32-15-16-9-11-18(27)12-10-16/h1-12,14,23,28H,13,15H2,(H,29,30)/t23-/m1/s1. The molecule has 162 valence electrons. The first-order valence-corrected chi connectivity index (χ1v) is 10.4. The Morgan fingerprint density at radius 3 is 2.50 bits per heavy atom. The third kappa shape index (κ3) is 4.98. The summed E-state index contributed by atoms with van der Waals surface area (Å²) in [6.45, 7) is -0.0362. The van der Waals surface area contributed by atoms with Crippen LogP contribution in [0.15, 0.2) is 79.0 Å². The van der Waals surface area contributed by atoms with Crippen LogP contribution in [0, 0.1) is 5.82 Å². The summed E-state index contributed by atoms with van der Waals surface area (Å²) < 4.78 is 18.6. The van der Waals surface area contributed by atoms with E-state index in [-0.39, 0.29) is 29.4 Å². The van der Waals surface area contributed by atoms with Crippen molar-refractivity contribution in [3.63, 3.8) is 0 Å². The zero-order valence-electron chi connectivity index (χ0n) is 17.0. The van der Waals surface area contributed by atoms with Crippen LogP contribution < -0.4 is 5.32 Å². The molecule has 32 heavy (non-hydrogen) atoms. The molecule has 7 heteroatoms. The van der Waals surface area contributed by atoms with Crippen LogP contribution in [0.25, 0.3) is 10.9 Å². The number of nitrogens with one attached hydrogen (secondary N) is 2. The van der Waals surface area contributed by atoms with Crippen molar-refractivity contribution in [3.8, 4) is 0 Å². The van der Waals surface area contributed by atoms with Gasteiger partial charge in [0.15, 0.2) is 0 Å². The first-order chi connectivity index (χ1) is 15.5. The highest BCUT2D eigenvalue weighted by Crippen LogP contribution is 2.21. The van der Waals surface area contributed by atoms with Crippen molar-refractivity contribution < 1.29 is 18.7 Å². The minimum Gasteiger partial charge on any atom is -0.459 e. The molecule has 1 aromatic heterocycles. The number of amides is 1. The second kappa shape index (κ2) is 9.66. The summed E-state index contributed by atoms with van der Waals surface area (Å²) in [6.07, 6.45) is 2.04. The number of ether oxygens (including phenoxy) is 1. The molecule has 0 spiro atoms. The first kappa shape index (κ1) is 21.6. The maximum atomic E-state index is 13.1. The Balaban J connectivity index is 1.55. The van der Waals surface area contributed by atoms with E-state index in [0.29, 0.717) is 5.56 Å². The minimum atomic E-state index is -0.946. The molecule has 0 aliphatic carbocycles. The number of H-pyrrole nitrogens is 1. The second-order valence-corrected chi connectivity index (χ2v) is 7.71. The van der Waals surface area contributed by atoms with E-state index in [2.05, 4.69) is 10.3 Å². The van der Waals surface area contributed by atoms with Crippen LogP contribution in [0.4, 0.5) is 4.39 Å². The molecule has 4 rings (SSSR count). The summed E-state index contributed by atoms with van der Waals surface area (Å²) in [5.41, 5.74) is 2.70. The fourth-order valence-corrected chi connectivity index (χ4v) is 3.65. The lowest BCUT2D eigenvalue weighted by Crippen LogP contribution is -2.43. The van der Waals surface area contributed by atoms with Crippen LogP contribution >= 0.6 is 11.6 Å². The number of para-hydroxylation sites is 1. The largest absolute Gasteiger partial charge is 0.459 e. The highest BCUT2D eigenvalue weighted by Gasteiger charge is 2.25. The van der Waals surface area contributed by atoms with Crippen LogP contribution in [0.3, 0.4) is 0 Å². The highest BCUT2D eigenvalue weighted by atomic mass is 35.5. The Hall–Kier alpha value is -3.64.